The summed E-state index contributed by atoms with van der Waals surface area (Å²) in [4.78, 5) is 0. The van der Waals surface area contributed by atoms with Gasteiger partial charge in [0.05, 0.1) is 20.4 Å². The maximum atomic E-state index is 3.54. The summed E-state index contributed by atoms with van der Waals surface area (Å²) in [6.45, 7) is 0. The van der Waals surface area contributed by atoms with Crippen LogP contribution in [0.2, 0.25) is 0 Å². The highest BCUT2D eigenvalue weighted by Gasteiger charge is 2.50. The standard InChI is InChI=1S/C5H4Br8/c6-1(7)5(2(8)9,3(10)11)4(12)13/h1-4H. The van der Waals surface area contributed by atoms with Gasteiger partial charge in [0.25, 0.3) is 0 Å². The molecule has 80 valence electrons. The van der Waals surface area contributed by atoms with Crippen LogP contribution >= 0.6 is 127 Å². The molecule has 0 nitrogen and oxygen atoms in total. The quantitative estimate of drug-likeness (QED) is 0.296. The van der Waals surface area contributed by atoms with Gasteiger partial charge in [0.2, 0.25) is 0 Å². The highest BCUT2D eigenvalue weighted by Crippen LogP contribution is 2.55. The molecule has 0 spiro atoms. The van der Waals surface area contributed by atoms with Gasteiger partial charge in [0.1, 0.15) is 0 Å². The van der Waals surface area contributed by atoms with Gasteiger partial charge in [0.15, 0.2) is 0 Å². The first-order valence-corrected chi connectivity index (χ1v) is 10.2. The van der Waals surface area contributed by atoms with Crippen LogP contribution in [0.5, 0.6) is 0 Å². The number of hydrogen-bond acceptors (Lipinski definition) is 0. The van der Waals surface area contributed by atoms with Crippen LogP contribution in [0.4, 0.5) is 0 Å². The summed E-state index contributed by atoms with van der Waals surface area (Å²) in [6.07, 6.45) is 0. The molecule has 0 N–H and O–H groups in total. The molecular weight excluding hydrogens is 699 g/mol. The second-order valence-electron chi connectivity index (χ2n) is 2.20. The van der Waals surface area contributed by atoms with E-state index in [1.54, 1.807) is 0 Å². The van der Waals surface area contributed by atoms with E-state index in [1.165, 1.54) is 0 Å². The second kappa shape index (κ2) is 7.31. The Balaban J connectivity index is 5.06. The highest BCUT2D eigenvalue weighted by molar-refractivity contribution is 9.27. The maximum Gasteiger partial charge on any atom is 0.0811 e. The van der Waals surface area contributed by atoms with Crippen molar-refractivity contribution in [1.82, 2.24) is 0 Å². The van der Waals surface area contributed by atoms with Gasteiger partial charge in [-0.25, -0.2) is 0 Å². The molecule has 0 saturated carbocycles. The molecule has 0 aromatic rings. The average Bonchev–Trinajstić information content (AvgIpc) is 1.82. The first kappa shape index (κ1) is 16.8. The van der Waals surface area contributed by atoms with E-state index < -0.39 is 0 Å². The summed E-state index contributed by atoms with van der Waals surface area (Å²) in [6, 6.07) is 0. The monoisotopic (exact) mass is 695 g/mol. The molecule has 0 aliphatic heterocycles. The maximum absolute atomic E-state index is 3.54. The smallest absolute Gasteiger partial charge is 0.0756 e. The molecule has 0 rings (SSSR count). The lowest BCUT2D eigenvalue weighted by atomic mass is 10.00. The fourth-order valence-electron chi connectivity index (χ4n) is 0.571. The van der Waals surface area contributed by atoms with Gasteiger partial charge in [-0.2, -0.15) is 0 Å². The molecule has 8 heteroatoms. The Bertz CT molecular complexity index is 115. The van der Waals surface area contributed by atoms with Crippen LogP contribution in [-0.2, 0) is 0 Å². The molecule has 0 amide bonds. The summed E-state index contributed by atoms with van der Waals surface area (Å²) in [5.41, 5.74) is -0.167. The fourth-order valence-corrected chi connectivity index (χ4v) is 15.4. The van der Waals surface area contributed by atoms with Crippen molar-refractivity contribution in [1.29, 1.82) is 0 Å². The number of hydrogen-bond donors (Lipinski definition) is 0. The van der Waals surface area contributed by atoms with Gasteiger partial charge in [-0.3, -0.25) is 0 Å². The van der Waals surface area contributed by atoms with E-state index in [1.807, 2.05) is 0 Å². The molecule has 0 bridgehead atoms. The number of alkyl halides is 8. The van der Waals surface area contributed by atoms with Crippen LogP contribution in [0.3, 0.4) is 0 Å². The molecule has 0 aromatic heterocycles. The van der Waals surface area contributed by atoms with E-state index in [4.69, 9.17) is 0 Å². The van der Waals surface area contributed by atoms with E-state index in [2.05, 4.69) is 127 Å². The predicted molar refractivity (Wildman–Crippen MR) is 89.0 cm³/mol. The van der Waals surface area contributed by atoms with Crippen molar-refractivity contribution < 1.29 is 0 Å². The summed E-state index contributed by atoms with van der Waals surface area (Å²) >= 11 is 28.3. The van der Waals surface area contributed by atoms with E-state index in [9.17, 15) is 0 Å². The van der Waals surface area contributed by atoms with Crippen LogP contribution in [0.25, 0.3) is 0 Å². The van der Waals surface area contributed by atoms with Gasteiger partial charge in [-0.15, -0.1) is 0 Å². The van der Waals surface area contributed by atoms with Crippen LogP contribution in [0.15, 0.2) is 0 Å². The zero-order valence-electron chi connectivity index (χ0n) is 5.83. The van der Waals surface area contributed by atoms with Gasteiger partial charge in [0, 0.05) is 0 Å². The van der Waals surface area contributed by atoms with E-state index in [0.717, 1.165) is 0 Å². The van der Waals surface area contributed by atoms with Gasteiger partial charge >= 0.3 is 0 Å². The van der Waals surface area contributed by atoms with Crippen LogP contribution in [0, 0.1) is 5.41 Å². The summed E-state index contributed by atoms with van der Waals surface area (Å²) < 4.78 is 0.458. The highest BCUT2D eigenvalue weighted by atomic mass is 79.9. The third kappa shape index (κ3) is 3.91. The lowest BCUT2D eigenvalue weighted by Gasteiger charge is -2.40. The first-order valence-electron chi connectivity index (χ1n) is 2.90. The predicted octanol–water partition coefficient (Wildman–Crippen LogP) is 6.44. The largest absolute Gasteiger partial charge is 0.0811 e. The van der Waals surface area contributed by atoms with E-state index in [-0.39, 0.29) is 20.4 Å². The molecular formula is C5H4Br8. The Hall–Kier alpha value is 3.84. The second-order valence-corrected chi connectivity index (χ2v) is 14.4. The van der Waals surface area contributed by atoms with Gasteiger partial charge in [-0.1, -0.05) is 127 Å². The molecule has 0 aliphatic rings. The van der Waals surface area contributed by atoms with E-state index >= 15 is 0 Å². The Labute approximate surface area is 145 Å². The van der Waals surface area contributed by atoms with Gasteiger partial charge < -0.3 is 0 Å². The van der Waals surface area contributed by atoms with Crippen molar-refractivity contribution in [2.45, 2.75) is 14.9 Å². The van der Waals surface area contributed by atoms with Crippen molar-refractivity contribution in [2.75, 3.05) is 0 Å². The Morgan fingerprint density at radius 1 is 0.462 bits per heavy atom. The normalized spacial score (nSPS) is 13.8. The molecule has 0 atom stereocenters. The molecule has 0 radical (unpaired) electrons. The summed E-state index contributed by atoms with van der Waals surface area (Å²) in [7, 11) is 0. The lowest BCUT2D eigenvalue weighted by molar-refractivity contribution is 0.465. The zero-order chi connectivity index (χ0) is 10.8. The molecule has 0 unspecified atom stereocenters. The van der Waals surface area contributed by atoms with Crippen molar-refractivity contribution in [3.8, 4) is 0 Å². The minimum absolute atomic E-state index is 0.115. The summed E-state index contributed by atoms with van der Waals surface area (Å²) in [5, 5.41) is 0. The fraction of sp³-hybridized carbons (Fsp3) is 1.00. The number of halogens is 8. The van der Waals surface area contributed by atoms with Crippen molar-refractivity contribution >= 4 is 127 Å². The Morgan fingerprint density at radius 2 is 0.615 bits per heavy atom. The van der Waals surface area contributed by atoms with Crippen molar-refractivity contribution in [3.63, 3.8) is 0 Å². The summed E-state index contributed by atoms with van der Waals surface area (Å²) in [5.74, 6) is 0. The van der Waals surface area contributed by atoms with E-state index in [0.29, 0.717) is 0 Å². The Kier molecular flexibility index (Phi) is 9.47. The molecule has 0 aliphatic carbocycles. The molecule has 0 fully saturated rings. The zero-order valence-corrected chi connectivity index (χ0v) is 18.5. The Morgan fingerprint density at radius 3 is 0.615 bits per heavy atom. The minimum Gasteiger partial charge on any atom is -0.0756 e. The minimum atomic E-state index is -0.167. The SMILES string of the molecule is BrC(Br)C(C(Br)Br)(C(Br)Br)C(Br)Br. The molecule has 13 heavy (non-hydrogen) atoms. The van der Waals surface area contributed by atoms with Crippen LogP contribution in [-0.4, -0.2) is 14.9 Å². The number of rotatable bonds is 4. The van der Waals surface area contributed by atoms with Crippen molar-refractivity contribution in [3.05, 3.63) is 0 Å². The first-order chi connectivity index (χ1) is 5.77. The van der Waals surface area contributed by atoms with Crippen molar-refractivity contribution in [2.24, 2.45) is 5.41 Å². The topological polar surface area (TPSA) is 0 Å². The lowest BCUT2D eigenvalue weighted by Crippen LogP contribution is -2.45. The third-order valence-electron chi connectivity index (χ3n) is 1.51. The molecule has 0 aromatic carbocycles. The molecule has 0 heterocycles. The third-order valence-corrected chi connectivity index (χ3v) is 7.86. The van der Waals surface area contributed by atoms with Crippen LogP contribution in [0.1, 0.15) is 0 Å². The average molecular weight is 703 g/mol. The molecule has 0 saturated heterocycles. The van der Waals surface area contributed by atoms with Crippen LogP contribution < -0.4 is 0 Å². The van der Waals surface area contributed by atoms with Gasteiger partial charge in [-0.05, 0) is 0 Å².